The number of aromatic nitrogens is 1. The minimum atomic E-state index is 0.424. The van der Waals surface area contributed by atoms with E-state index >= 15 is 0 Å². The number of H-pyrrole nitrogens is 1. The first kappa shape index (κ1) is 16.8. The number of carbonyl (C=O) groups excluding carboxylic acids is 1. The summed E-state index contributed by atoms with van der Waals surface area (Å²) in [7, 11) is 0. The fourth-order valence-electron chi connectivity index (χ4n) is 4.02. The van der Waals surface area contributed by atoms with Crippen LogP contribution in [0.5, 0.6) is 0 Å². The first-order valence-electron chi connectivity index (χ1n) is 9.38. The summed E-state index contributed by atoms with van der Waals surface area (Å²) in [4.78, 5) is 13.9. The molecular weight excluding hydrogens is 320 g/mol. The van der Waals surface area contributed by atoms with Crippen LogP contribution in [0.2, 0.25) is 0 Å². The van der Waals surface area contributed by atoms with Crippen LogP contribution in [0.25, 0.3) is 17.0 Å². The van der Waals surface area contributed by atoms with Crippen molar-refractivity contribution in [2.24, 2.45) is 0 Å². The summed E-state index contributed by atoms with van der Waals surface area (Å²) < 4.78 is 0. The Morgan fingerprint density at radius 1 is 1.19 bits per heavy atom. The first-order chi connectivity index (χ1) is 12.8. The number of hydrogen-bond donors (Lipinski definition) is 2. The van der Waals surface area contributed by atoms with Gasteiger partial charge in [-0.25, -0.2) is 0 Å². The third-order valence-electron chi connectivity index (χ3n) is 5.31. The van der Waals surface area contributed by atoms with Gasteiger partial charge in [0.05, 0.1) is 0 Å². The predicted molar refractivity (Wildman–Crippen MR) is 107 cm³/mol. The lowest BCUT2D eigenvalue weighted by Crippen LogP contribution is -2.27. The van der Waals surface area contributed by atoms with Crippen LogP contribution < -0.4 is 5.32 Å². The van der Waals surface area contributed by atoms with Gasteiger partial charge in [-0.1, -0.05) is 42.5 Å². The summed E-state index contributed by atoms with van der Waals surface area (Å²) in [5, 5.41) is 5.08. The highest BCUT2D eigenvalue weighted by molar-refractivity contribution is 5.83. The minimum Gasteiger partial charge on any atom is -0.361 e. The predicted octanol–water partition coefficient (Wildman–Crippen LogP) is 4.59. The molecule has 0 spiro atoms. The highest BCUT2D eigenvalue weighted by Gasteiger charge is 2.19. The number of rotatable bonds is 6. The Labute approximate surface area is 154 Å². The average Bonchev–Trinajstić information content (AvgIpc) is 3.09. The van der Waals surface area contributed by atoms with E-state index in [4.69, 9.17) is 0 Å². The molecule has 4 rings (SSSR count). The molecule has 1 aliphatic carbocycles. The van der Waals surface area contributed by atoms with Crippen molar-refractivity contribution >= 4 is 23.3 Å². The Kier molecular flexibility index (Phi) is 4.98. The molecule has 2 N–H and O–H groups in total. The molecule has 0 saturated heterocycles. The number of benzene rings is 2. The van der Waals surface area contributed by atoms with Gasteiger partial charge in [0.25, 0.3) is 0 Å². The van der Waals surface area contributed by atoms with Crippen LogP contribution in [0.1, 0.15) is 41.1 Å². The van der Waals surface area contributed by atoms with Crippen molar-refractivity contribution in [1.29, 1.82) is 0 Å². The molecule has 3 heteroatoms. The van der Waals surface area contributed by atoms with Gasteiger partial charge < -0.3 is 10.3 Å². The van der Waals surface area contributed by atoms with E-state index in [-0.39, 0.29) is 0 Å². The second-order valence-electron chi connectivity index (χ2n) is 6.96. The fourth-order valence-corrected chi connectivity index (χ4v) is 4.02. The number of hydrogen-bond acceptors (Lipinski definition) is 2. The van der Waals surface area contributed by atoms with Gasteiger partial charge in [0, 0.05) is 23.1 Å². The van der Waals surface area contributed by atoms with Crippen molar-refractivity contribution in [3.8, 4) is 0 Å². The number of fused-ring (bicyclic) bond motifs is 2. The lowest BCUT2D eigenvalue weighted by atomic mass is 9.86. The number of nitrogens with one attached hydrogen (secondary N) is 2. The largest absolute Gasteiger partial charge is 0.361 e. The molecule has 1 aliphatic rings. The maximum absolute atomic E-state index is 10.5. The Morgan fingerprint density at radius 2 is 2.12 bits per heavy atom. The van der Waals surface area contributed by atoms with Crippen molar-refractivity contribution in [1.82, 2.24) is 10.3 Å². The summed E-state index contributed by atoms with van der Waals surface area (Å²) in [6.45, 7) is 0.971. The van der Waals surface area contributed by atoms with Crippen molar-refractivity contribution < 1.29 is 4.79 Å². The van der Waals surface area contributed by atoms with Gasteiger partial charge >= 0.3 is 0 Å². The van der Waals surface area contributed by atoms with Crippen LogP contribution >= 0.6 is 0 Å². The molecule has 0 fully saturated rings. The maximum atomic E-state index is 10.5. The molecule has 1 heterocycles. The first-order valence-corrected chi connectivity index (χ1v) is 9.38. The Bertz CT molecular complexity index is 938. The van der Waals surface area contributed by atoms with Crippen LogP contribution in [0.3, 0.4) is 0 Å². The summed E-state index contributed by atoms with van der Waals surface area (Å²) in [6, 6.07) is 15.5. The van der Waals surface area contributed by atoms with Crippen LogP contribution in [0, 0.1) is 0 Å². The molecule has 1 atom stereocenters. The van der Waals surface area contributed by atoms with E-state index in [0.29, 0.717) is 6.04 Å². The van der Waals surface area contributed by atoms with E-state index in [0.717, 1.165) is 31.2 Å². The van der Waals surface area contributed by atoms with E-state index in [1.54, 1.807) is 6.08 Å². The highest BCUT2D eigenvalue weighted by Crippen LogP contribution is 2.30. The monoisotopic (exact) mass is 344 g/mol. The summed E-state index contributed by atoms with van der Waals surface area (Å²) >= 11 is 0. The molecule has 1 aromatic heterocycles. The van der Waals surface area contributed by atoms with Gasteiger partial charge in [0.2, 0.25) is 0 Å². The summed E-state index contributed by atoms with van der Waals surface area (Å²) in [5.41, 5.74) is 6.52. The van der Waals surface area contributed by atoms with Gasteiger partial charge in [0.1, 0.15) is 6.29 Å². The normalized spacial score (nSPS) is 16.8. The van der Waals surface area contributed by atoms with Crippen LogP contribution in [-0.2, 0) is 17.6 Å². The Balaban J connectivity index is 1.43. The van der Waals surface area contributed by atoms with Crippen LogP contribution in [0.4, 0.5) is 0 Å². The molecule has 3 aromatic rings. The molecule has 0 saturated carbocycles. The third-order valence-corrected chi connectivity index (χ3v) is 5.31. The molecule has 0 aliphatic heterocycles. The van der Waals surface area contributed by atoms with E-state index in [1.807, 2.05) is 6.08 Å². The number of aromatic amines is 1. The molecule has 2 aromatic carbocycles. The second kappa shape index (κ2) is 7.71. The molecular formula is C23H24N2O. The van der Waals surface area contributed by atoms with Gasteiger partial charge in [-0.3, -0.25) is 4.79 Å². The fraction of sp³-hybridized carbons (Fsp3) is 0.261. The minimum absolute atomic E-state index is 0.424. The standard InChI is InChI=1S/C23H24N2O/c26-14-4-5-17-10-11-21-18(15-17)6-3-9-22(21)24-13-12-19-16-25-23-8-2-1-7-20(19)23/h1-2,4-5,7-8,10-11,14-16,22,24-25H,3,6,9,12-13H2/b5-4+. The quantitative estimate of drug-likeness (QED) is 0.507. The van der Waals surface area contributed by atoms with Crippen molar-refractivity contribution in [2.75, 3.05) is 6.54 Å². The zero-order valence-corrected chi connectivity index (χ0v) is 14.9. The van der Waals surface area contributed by atoms with Crippen LogP contribution in [-0.4, -0.2) is 17.8 Å². The number of allylic oxidation sites excluding steroid dienone is 1. The smallest absolute Gasteiger partial charge is 0.142 e. The van der Waals surface area contributed by atoms with E-state index in [1.165, 1.54) is 40.4 Å². The number of carbonyl (C=O) groups is 1. The molecule has 1 unspecified atom stereocenters. The Morgan fingerprint density at radius 3 is 3.04 bits per heavy atom. The zero-order chi connectivity index (χ0) is 17.8. The zero-order valence-electron chi connectivity index (χ0n) is 14.9. The Hall–Kier alpha value is -2.65. The highest BCUT2D eigenvalue weighted by atomic mass is 16.1. The van der Waals surface area contributed by atoms with Crippen LogP contribution in [0.15, 0.2) is 54.7 Å². The van der Waals surface area contributed by atoms with Gasteiger partial charge in [-0.05, 0) is 66.6 Å². The van der Waals surface area contributed by atoms with Gasteiger partial charge in [-0.2, -0.15) is 0 Å². The molecule has 26 heavy (non-hydrogen) atoms. The summed E-state index contributed by atoms with van der Waals surface area (Å²) in [5.74, 6) is 0. The lowest BCUT2D eigenvalue weighted by Gasteiger charge is -2.27. The number of aldehydes is 1. The SMILES string of the molecule is O=C/C=C/c1ccc2c(c1)CCCC2NCCc1c[nH]c2ccccc12. The molecule has 0 radical (unpaired) electrons. The van der Waals surface area contributed by atoms with Crippen molar-refractivity contribution in [2.45, 2.75) is 31.7 Å². The lowest BCUT2D eigenvalue weighted by molar-refractivity contribution is -0.104. The van der Waals surface area contributed by atoms with E-state index < -0.39 is 0 Å². The molecule has 0 amide bonds. The van der Waals surface area contributed by atoms with Crippen molar-refractivity contribution in [3.63, 3.8) is 0 Å². The number of para-hydroxylation sites is 1. The van der Waals surface area contributed by atoms with E-state index in [2.05, 4.69) is 59.0 Å². The molecule has 3 nitrogen and oxygen atoms in total. The van der Waals surface area contributed by atoms with E-state index in [9.17, 15) is 4.79 Å². The number of aryl methyl sites for hydroxylation is 1. The third kappa shape index (κ3) is 3.49. The topological polar surface area (TPSA) is 44.9 Å². The average molecular weight is 344 g/mol. The summed E-state index contributed by atoms with van der Waals surface area (Å²) in [6.07, 6.45) is 10.9. The van der Waals surface area contributed by atoms with Gasteiger partial charge in [-0.15, -0.1) is 0 Å². The van der Waals surface area contributed by atoms with Crippen molar-refractivity contribution in [3.05, 3.63) is 77.0 Å². The maximum Gasteiger partial charge on any atom is 0.142 e. The van der Waals surface area contributed by atoms with Gasteiger partial charge in [0.15, 0.2) is 0 Å². The molecule has 0 bridgehead atoms. The second-order valence-corrected chi connectivity index (χ2v) is 6.96. The molecule has 132 valence electrons.